The molecule has 1 saturated heterocycles. The van der Waals surface area contributed by atoms with Gasteiger partial charge in [0.1, 0.15) is 18.4 Å². The number of aliphatic hydroxyl groups is 1. The van der Waals surface area contributed by atoms with Crippen LogP contribution in [0.4, 0.5) is 0 Å². The SMILES string of the molecule is CC1OC(CC[P+]([O-])(O)OS(=O)(=O)O)C(OP(=O)(O)O)C1O. The minimum atomic E-state index is -5.15. The molecule has 1 rings (SSSR count). The van der Waals surface area contributed by atoms with E-state index in [0.717, 1.165) is 0 Å². The van der Waals surface area contributed by atoms with E-state index in [4.69, 9.17) is 19.1 Å². The number of phosphoric acid groups is 1. The van der Waals surface area contributed by atoms with Crippen molar-refractivity contribution in [1.82, 2.24) is 0 Å². The third kappa shape index (κ3) is 6.79. The molecule has 5 N–H and O–H groups in total. The first kappa shape index (κ1) is 20.3. The zero-order chi connectivity index (χ0) is 17.3. The molecule has 0 radical (unpaired) electrons. The van der Waals surface area contributed by atoms with Gasteiger partial charge >= 0.3 is 18.2 Å². The average molecular weight is 386 g/mol. The maximum atomic E-state index is 11.4. The van der Waals surface area contributed by atoms with Crippen molar-refractivity contribution in [3.05, 3.63) is 0 Å². The van der Waals surface area contributed by atoms with E-state index in [-0.39, 0.29) is 0 Å². The third-order valence-electron chi connectivity index (χ3n) is 2.74. The first-order valence-corrected chi connectivity index (χ1v) is 10.4. The molecule has 1 aliphatic rings. The first-order chi connectivity index (χ1) is 9.70. The molecule has 5 unspecified atom stereocenters. The zero-order valence-electron chi connectivity index (χ0n) is 11.1. The topological polar surface area (TPSA) is 203 Å². The fourth-order valence-electron chi connectivity index (χ4n) is 1.92. The minimum Gasteiger partial charge on any atom is -0.630 e. The van der Waals surface area contributed by atoms with Gasteiger partial charge < -0.3 is 24.5 Å². The largest absolute Gasteiger partial charge is 0.630 e. The van der Waals surface area contributed by atoms with Crippen molar-refractivity contribution in [1.29, 1.82) is 0 Å². The maximum Gasteiger partial charge on any atom is 0.470 e. The molecule has 5 atom stereocenters. The van der Waals surface area contributed by atoms with E-state index >= 15 is 0 Å². The van der Waals surface area contributed by atoms with E-state index in [1.165, 1.54) is 6.92 Å². The van der Waals surface area contributed by atoms with Gasteiger partial charge in [0, 0.05) is 6.42 Å². The van der Waals surface area contributed by atoms with Crippen molar-refractivity contribution in [2.45, 2.75) is 37.8 Å². The standard InChI is InChI=1S/C7H16O12P2S/c1-4-6(8)7(18-21(11,12)13)5(17-4)2-3-20(9,10)19-22(14,15)16/h4-8H,2-3H2,1H3,(H,9,10)(H2,11,12,13)(H,14,15,16). The van der Waals surface area contributed by atoms with Crippen molar-refractivity contribution in [2.75, 3.05) is 6.16 Å². The van der Waals surface area contributed by atoms with Gasteiger partial charge in [-0.05, 0) is 6.92 Å². The second kappa shape index (κ2) is 7.01. The highest BCUT2D eigenvalue weighted by Gasteiger charge is 2.47. The normalized spacial score (nSPS) is 32.9. The highest BCUT2D eigenvalue weighted by Crippen LogP contribution is 2.50. The van der Waals surface area contributed by atoms with Crippen LogP contribution in [-0.4, -0.2) is 63.3 Å². The quantitative estimate of drug-likeness (QED) is 0.237. The molecule has 0 aromatic carbocycles. The minimum absolute atomic E-state index is 0.421. The van der Waals surface area contributed by atoms with E-state index in [1.807, 2.05) is 0 Å². The Kier molecular flexibility index (Phi) is 6.47. The molecular weight excluding hydrogens is 370 g/mol. The lowest BCUT2D eigenvalue weighted by atomic mass is 10.1. The Morgan fingerprint density at radius 3 is 2.41 bits per heavy atom. The highest BCUT2D eigenvalue weighted by atomic mass is 32.3. The van der Waals surface area contributed by atoms with Gasteiger partial charge in [0.15, 0.2) is 0 Å². The van der Waals surface area contributed by atoms with Crippen LogP contribution in [0.1, 0.15) is 13.3 Å². The van der Waals surface area contributed by atoms with Gasteiger partial charge in [0.2, 0.25) is 0 Å². The molecule has 0 aromatic heterocycles. The van der Waals surface area contributed by atoms with Crippen molar-refractivity contribution in [3.8, 4) is 0 Å². The number of hydrogen-bond acceptors (Lipinski definition) is 9. The second-order valence-corrected chi connectivity index (χ2v) is 8.95. The lowest BCUT2D eigenvalue weighted by Gasteiger charge is -2.23. The smallest absolute Gasteiger partial charge is 0.470 e. The highest BCUT2D eigenvalue weighted by molar-refractivity contribution is 7.86. The van der Waals surface area contributed by atoms with Crippen LogP contribution in [0.2, 0.25) is 0 Å². The molecule has 12 nitrogen and oxygen atoms in total. The van der Waals surface area contributed by atoms with Crippen molar-refractivity contribution >= 4 is 26.2 Å². The van der Waals surface area contributed by atoms with Crippen LogP contribution in [0, 0.1) is 0 Å². The van der Waals surface area contributed by atoms with Crippen LogP contribution in [0.5, 0.6) is 0 Å². The average Bonchev–Trinajstić information content (AvgIpc) is 2.49. The van der Waals surface area contributed by atoms with Gasteiger partial charge in [-0.1, -0.05) is 3.97 Å². The summed E-state index contributed by atoms with van der Waals surface area (Å²) in [6, 6.07) is 0. The van der Waals surface area contributed by atoms with Crippen molar-refractivity contribution in [3.63, 3.8) is 0 Å². The molecule has 0 aliphatic carbocycles. The molecule has 15 heteroatoms. The molecule has 1 aliphatic heterocycles. The Morgan fingerprint density at radius 1 is 1.41 bits per heavy atom. The van der Waals surface area contributed by atoms with Gasteiger partial charge in [-0.15, -0.1) is 0 Å². The van der Waals surface area contributed by atoms with Crippen molar-refractivity contribution in [2.24, 2.45) is 0 Å². The van der Waals surface area contributed by atoms with E-state index in [1.54, 1.807) is 0 Å². The fourth-order valence-corrected chi connectivity index (χ4v) is 4.55. The van der Waals surface area contributed by atoms with Gasteiger partial charge in [-0.3, -0.25) is 9.08 Å². The number of phosphoric ester groups is 1. The van der Waals surface area contributed by atoms with Crippen LogP contribution in [0.25, 0.3) is 0 Å². The van der Waals surface area contributed by atoms with Crippen molar-refractivity contribution < 1.29 is 55.4 Å². The van der Waals surface area contributed by atoms with Crippen LogP contribution in [0.3, 0.4) is 0 Å². The summed E-state index contributed by atoms with van der Waals surface area (Å²) in [7, 11) is -14.8. The van der Waals surface area contributed by atoms with Crippen LogP contribution in [-0.2, 0) is 28.2 Å². The van der Waals surface area contributed by atoms with E-state index < -0.39 is 63.2 Å². The Labute approximate surface area is 126 Å². The number of hydrogen-bond donors (Lipinski definition) is 5. The molecule has 132 valence electrons. The van der Waals surface area contributed by atoms with Crippen LogP contribution < -0.4 is 4.89 Å². The summed E-state index contributed by atoms with van der Waals surface area (Å²) >= 11 is 0. The Balaban J connectivity index is 2.72. The third-order valence-corrected chi connectivity index (χ3v) is 5.77. The number of ether oxygens (including phenoxy) is 1. The monoisotopic (exact) mass is 386 g/mol. The van der Waals surface area contributed by atoms with Crippen LogP contribution in [0.15, 0.2) is 0 Å². The molecule has 1 heterocycles. The fraction of sp³-hybridized carbons (Fsp3) is 1.00. The summed E-state index contributed by atoms with van der Waals surface area (Å²) in [5, 5.41) is 9.72. The Morgan fingerprint density at radius 2 is 1.95 bits per heavy atom. The summed E-state index contributed by atoms with van der Waals surface area (Å²) in [6.07, 6.45) is -6.20. The molecule has 0 amide bonds. The van der Waals surface area contributed by atoms with Gasteiger partial charge in [-0.2, -0.15) is 8.42 Å². The van der Waals surface area contributed by atoms with Gasteiger partial charge in [-0.25, -0.2) is 9.46 Å². The Bertz CT molecular complexity index is 528. The molecular formula is C7H16O12P2S. The van der Waals surface area contributed by atoms with E-state index in [9.17, 15) is 27.9 Å². The van der Waals surface area contributed by atoms with Gasteiger partial charge in [0.05, 0.1) is 12.2 Å². The molecule has 0 saturated carbocycles. The zero-order valence-corrected chi connectivity index (χ0v) is 13.7. The predicted molar refractivity (Wildman–Crippen MR) is 68.5 cm³/mol. The van der Waals surface area contributed by atoms with E-state index in [2.05, 4.69) is 8.49 Å². The molecule has 0 bridgehead atoms. The summed E-state index contributed by atoms with van der Waals surface area (Å²) < 4.78 is 53.1. The Hall–Kier alpha value is 0.250. The summed E-state index contributed by atoms with van der Waals surface area (Å²) in [4.78, 5) is 38.2. The number of aliphatic hydroxyl groups excluding tert-OH is 1. The van der Waals surface area contributed by atoms with Crippen LogP contribution >= 0.6 is 15.8 Å². The molecule has 1 fully saturated rings. The van der Waals surface area contributed by atoms with E-state index in [0.29, 0.717) is 0 Å². The predicted octanol–water partition coefficient (Wildman–Crippen LogP) is -2.06. The van der Waals surface area contributed by atoms with Gasteiger partial charge in [0.25, 0.3) is 7.94 Å². The maximum absolute atomic E-state index is 11.4. The lowest BCUT2D eigenvalue weighted by molar-refractivity contribution is -0.205. The lowest BCUT2D eigenvalue weighted by Crippen LogP contribution is -2.35. The summed E-state index contributed by atoms with van der Waals surface area (Å²) in [5.41, 5.74) is 0. The molecule has 0 aromatic rings. The summed E-state index contributed by atoms with van der Waals surface area (Å²) in [6.45, 7) is 1.38. The molecule has 0 spiro atoms. The summed E-state index contributed by atoms with van der Waals surface area (Å²) in [5.74, 6) is 0. The second-order valence-electron chi connectivity index (χ2n) is 4.58. The molecule has 22 heavy (non-hydrogen) atoms. The number of rotatable bonds is 7. The first-order valence-electron chi connectivity index (χ1n) is 5.78.